The number of ether oxygens (including phenoxy) is 1. The predicted octanol–water partition coefficient (Wildman–Crippen LogP) is 0.0908. The molecule has 13 heavy (non-hydrogen) atoms. The molecule has 0 heterocycles. The van der Waals surface area contributed by atoms with Crippen LogP contribution in [-0.4, -0.2) is 50.7 Å². The van der Waals surface area contributed by atoms with Gasteiger partial charge in [-0.3, -0.25) is 9.69 Å². The van der Waals surface area contributed by atoms with E-state index in [4.69, 9.17) is 4.74 Å². The van der Waals surface area contributed by atoms with Crippen LogP contribution in [0.5, 0.6) is 0 Å². The van der Waals surface area contributed by atoms with E-state index < -0.39 is 0 Å². The molecule has 0 aromatic heterocycles. The Morgan fingerprint density at radius 3 is 2.62 bits per heavy atom. The summed E-state index contributed by atoms with van der Waals surface area (Å²) in [6.45, 7) is 7.37. The number of esters is 1. The summed E-state index contributed by atoms with van der Waals surface area (Å²) in [5.41, 5.74) is 0. The zero-order valence-corrected chi connectivity index (χ0v) is 8.80. The van der Waals surface area contributed by atoms with Crippen molar-refractivity contribution in [3.8, 4) is 0 Å². The fourth-order valence-electron chi connectivity index (χ4n) is 1.01. The summed E-state index contributed by atoms with van der Waals surface area (Å²) in [7, 11) is 1.90. The molecule has 0 rings (SSSR count). The van der Waals surface area contributed by atoms with Gasteiger partial charge in [0.1, 0.15) is 0 Å². The number of likely N-dealkylation sites (N-methyl/N-ethyl adjacent to an activating group) is 2. The monoisotopic (exact) mass is 188 g/mol. The van der Waals surface area contributed by atoms with Gasteiger partial charge in [0.25, 0.3) is 0 Å². The van der Waals surface area contributed by atoms with Crippen molar-refractivity contribution in [3.05, 3.63) is 0 Å². The molecule has 0 aromatic rings. The molecule has 0 saturated heterocycles. The molecule has 4 heteroatoms. The van der Waals surface area contributed by atoms with E-state index in [1.165, 1.54) is 0 Å². The van der Waals surface area contributed by atoms with E-state index in [0.717, 1.165) is 19.6 Å². The molecule has 0 unspecified atom stereocenters. The molecule has 4 nitrogen and oxygen atoms in total. The summed E-state index contributed by atoms with van der Waals surface area (Å²) in [6, 6.07) is 0. The van der Waals surface area contributed by atoms with Crippen LogP contribution in [0, 0.1) is 0 Å². The van der Waals surface area contributed by atoms with Gasteiger partial charge in [-0.25, -0.2) is 0 Å². The second-order valence-electron chi connectivity index (χ2n) is 2.78. The Bertz CT molecular complexity index is 140. The van der Waals surface area contributed by atoms with Crippen LogP contribution in [0.1, 0.15) is 13.8 Å². The normalized spacial score (nSPS) is 10.5. The van der Waals surface area contributed by atoms with E-state index in [2.05, 4.69) is 10.2 Å². The van der Waals surface area contributed by atoms with Crippen molar-refractivity contribution in [2.75, 3.05) is 39.8 Å². The SMILES string of the molecule is CCOC(=O)CN(CC)CCNC. The predicted molar refractivity (Wildman–Crippen MR) is 52.7 cm³/mol. The molecule has 0 atom stereocenters. The van der Waals surface area contributed by atoms with Gasteiger partial charge in [-0.2, -0.15) is 0 Å². The number of nitrogens with one attached hydrogen (secondary N) is 1. The fourth-order valence-corrected chi connectivity index (χ4v) is 1.01. The van der Waals surface area contributed by atoms with E-state index in [1.54, 1.807) is 0 Å². The topological polar surface area (TPSA) is 41.6 Å². The number of nitrogens with zero attached hydrogens (tertiary/aromatic N) is 1. The Morgan fingerprint density at radius 1 is 1.46 bits per heavy atom. The summed E-state index contributed by atoms with van der Waals surface area (Å²) in [6.07, 6.45) is 0. The average Bonchev–Trinajstić information content (AvgIpc) is 2.12. The van der Waals surface area contributed by atoms with Gasteiger partial charge in [-0.05, 0) is 20.5 Å². The lowest BCUT2D eigenvalue weighted by atomic mass is 10.4. The summed E-state index contributed by atoms with van der Waals surface area (Å²) < 4.78 is 4.85. The molecular formula is C9H20N2O2. The highest BCUT2D eigenvalue weighted by Gasteiger charge is 2.08. The molecular weight excluding hydrogens is 168 g/mol. The number of hydrogen-bond donors (Lipinski definition) is 1. The maximum Gasteiger partial charge on any atom is 0.320 e. The first-order valence-corrected chi connectivity index (χ1v) is 4.77. The van der Waals surface area contributed by atoms with Gasteiger partial charge in [-0.15, -0.1) is 0 Å². The third-order valence-electron chi connectivity index (χ3n) is 1.78. The highest BCUT2D eigenvalue weighted by atomic mass is 16.5. The molecule has 0 aromatic carbocycles. The molecule has 0 spiro atoms. The summed E-state index contributed by atoms with van der Waals surface area (Å²) in [4.78, 5) is 13.1. The first kappa shape index (κ1) is 12.4. The third kappa shape index (κ3) is 6.54. The van der Waals surface area contributed by atoms with Crippen LogP contribution >= 0.6 is 0 Å². The molecule has 0 bridgehead atoms. The lowest BCUT2D eigenvalue weighted by Gasteiger charge is -2.18. The van der Waals surface area contributed by atoms with Crippen LogP contribution in [0.3, 0.4) is 0 Å². The van der Waals surface area contributed by atoms with Gasteiger partial charge >= 0.3 is 5.97 Å². The van der Waals surface area contributed by atoms with Crippen molar-refractivity contribution < 1.29 is 9.53 Å². The molecule has 0 fully saturated rings. The second-order valence-corrected chi connectivity index (χ2v) is 2.78. The second kappa shape index (κ2) is 8.01. The van der Waals surface area contributed by atoms with Gasteiger partial charge in [0.05, 0.1) is 13.2 Å². The van der Waals surface area contributed by atoms with Crippen molar-refractivity contribution in [2.24, 2.45) is 0 Å². The molecule has 78 valence electrons. The maximum absolute atomic E-state index is 11.1. The smallest absolute Gasteiger partial charge is 0.320 e. The van der Waals surface area contributed by atoms with Crippen LogP contribution < -0.4 is 5.32 Å². The average molecular weight is 188 g/mol. The summed E-state index contributed by atoms with van der Waals surface area (Å²) >= 11 is 0. The first-order valence-electron chi connectivity index (χ1n) is 4.77. The number of carbonyl (C=O) groups excluding carboxylic acids is 1. The Labute approximate surface area is 80.2 Å². The van der Waals surface area contributed by atoms with E-state index in [0.29, 0.717) is 13.2 Å². The van der Waals surface area contributed by atoms with E-state index in [1.807, 2.05) is 20.9 Å². The minimum Gasteiger partial charge on any atom is -0.465 e. The number of rotatable bonds is 7. The van der Waals surface area contributed by atoms with E-state index in [-0.39, 0.29) is 5.97 Å². The maximum atomic E-state index is 11.1. The molecule has 0 radical (unpaired) electrons. The number of hydrogen-bond acceptors (Lipinski definition) is 4. The lowest BCUT2D eigenvalue weighted by Crippen LogP contribution is -2.35. The Morgan fingerprint density at radius 2 is 2.15 bits per heavy atom. The fraction of sp³-hybridized carbons (Fsp3) is 0.889. The minimum atomic E-state index is -0.138. The van der Waals surface area contributed by atoms with Crippen molar-refractivity contribution in [1.29, 1.82) is 0 Å². The quantitative estimate of drug-likeness (QED) is 0.575. The zero-order chi connectivity index (χ0) is 10.1. The number of carbonyl (C=O) groups is 1. The summed E-state index contributed by atoms with van der Waals surface area (Å²) in [5.74, 6) is -0.138. The molecule has 0 aliphatic heterocycles. The van der Waals surface area contributed by atoms with Crippen LogP contribution in [0.25, 0.3) is 0 Å². The summed E-state index contributed by atoms with van der Waals surface area (Å²) in [5, 5.41) is 3.04. The van der Waals surface area contributed by atoms with Gasteiger partial charge in [0.15, 0.2) is 0 Å². The van der Waals surface area contributed by atoms with Gasteiger partial charge < -0.3 is 10.1 Å². The first-order chi connectivity index (χ1) is 6.24. The zero-order valence-electron chi connectivity index (χ0n) is 8.80. The largest absolute Gasteiger partial charge is 0.465 e. The minimum absolute atomic E-state index is 0.138. The molecule has 0 amide bonds. The molecule has 0 aliphatic carbocycles. The third-order valence-corrected chi connectivity index (χ3v) is 1.78. The van der Waals surface area contributed by atoms with E-state index in [9.17, 15) is 4.79 Å². The van der Waals surface area contributed by atoms with Crippen molar-refractivity contribution in [1.82, 2.24) is 10.2 Å². The van der Waals surface area contributed by atoms with Crippen molar-refractivity contribution >= 4 is 5.97 Å². The van der Waals surface area contributed by atoms with Crippen LogP contribution in [-0.2, 0) is 9.53 Å². The van der Waals surface area contributed by atoms with Crippen molar-refractivity contribution in [3.63, 3.8) is 0 Å². The highest BCUT2D eigenvalue weighted by molar-refractivity contribution is 5.71. The van der Waals surface area contributed by atoms with Crippen LogP contribution in [0.15, 0.2) is 0 Å². The molecule has 1 N–H and O–H groups in total. The standard InChI is InChI=1S/C9H20N2O2/c1-4-11(7-6-10-3)8-9(12)13-5-2/h10H,4-8H2,1-3H3. The Hall–Kier alpha value is -0.610. The highest BCUT2D eigenvalue weighted by Crippen LogP contribution is 1.88. The van der Waals surface area contributed by atoms with Gasteiger partial charge in [0.2, 0.25) is 0 Å². The molecule has 0 saturated carbocycles. The van der Waals surface area contributed by atoms with Gasteiger partial charge in [-0.1, -0.05) is 6.92 Å². The Balaban J connectivity index is 3.62. The van der Waals surface area contributed by atoms with Crippen LogP contribution in [0.2, 0.25) is 0 Å². The Kier molecular flexibility index (Phi) is 7.63. The van der Waals surface area contributed by atoms with Gasteiger partial charge in [0, 0.05) is 13.1 Å². The van der Waals surface area contributed by atoms with Crippen molar-refractivity contribution in [2.45, 2.75) is 13.8 Å². The molecule has 0 aliphatic rings. The van der Waals surface area contributed by atoms with E-state index >= 15 is 0 Å². The lowest BCUT2D eigenvalue weighted by molar-refractivity contribution is -0.144. The van der Waals surface area contributed by atoms with Crippen LogP contribution in [0.4, 0.5) is 0 Å².